The van der Waals surface area contributed by atoms with E-state index in [1.807, 2.05) is 18.7 Å². The minimum absolute atomic E-state index is 0.160. The van der Waals surface area contributed by atoms with Gasteiger partial charge in [0.25, 0.3) is 0 Å². The zero-order valence-corrected chi connectivity index (χ0v) is 13.2. The molecule has 0 aromatic rings. The fourth-order valence-corrected chi connectivity index (χ4v) is 2.05. The van der Waals surface area contributed by atoms with Gasteiger partial charge >= 0.3 is 0 Å². The summed E-state index contributed by atoms with van der Waals surface area (Å²) in [5.41, 5.74) is 0. The highest BCUT2D eigenvalue weighted by molar-refractivity contribution is 5.78. The van der Waals surface area contributed by atoms with Gasteiger partial charge in [-0.25, -0.2) is 0 Å². The van der Waals surface area contributed by atoms with Gasteiger partial charge in [0.1, 0.15) is 0 Å². The lowest BCUT2D eigenvalue weighted by Gasteiger charge is -2.30. The number of likely N-dealkylation sites (tertiary alicyclic amines) is 1. The highest BCUT2D eigenvalue weighted by atomic mass is 16.5. The third-order valence-electron chi connectivity index (χ3n) is 3.22. The zero-order chi connectivity index (χ0) is 15.0. The van der Waals surface area contributed by atoms with Crippen molar-refractivity contribution in [3.63, 3.8) is 0 Å². The average Bonchev–Trinajstić information content (AvgIpc) is 2.41. The van der Waals surface area contributed by atoms with Crippen molar-refractivity contribution in [2.24, 2.45) is 11.8 Å². The minimum atomic E-state index is 0.160. The molecule has 0 unspecified atom stereocenters. The first-order valence-corrected chi connectivity index (χ1v) is 7.60. The van der Waals surface area contributed by atoms with Crippen molar-refractivity contribution in [3.05, 3.63) is 0 Å². The quantitative estimate of drug-likeness (QED) is 0.475. The summed E-state index contributed by atoms with van der Waals surface area (Å²) in [6, 6.07) is 0. The Balaban J connectivity index is 2.21. The summed E-state index contributed by atoms with van der Waals surface area (Å²) in [5, 5.41) is 3.02. The minimum Gasteiger partial charge on any atom is -0.364 e. The standard InChI is InChI=1S/C16H28N2O2/c1-13(2)5-6-15-7-9-18(10-8-15)16(19)11-17-12-20-14(3)4/h13-15,17H,7-12H2,1-4H3. The Labute approximate surface area is 123 Å². The van der Waals surface area contributed by atoms with Gasteiger partial charge in [-0.05, 0) is 26.7 Å². The number of carbonyl (C=O) groups excluding carboxylic acids is 1. The Morgan fingerprint density at radius 2 is 1.95 bits per heavy atom. The normalized spacial score (nSPS) is 16.4. The smallest absolute Gasteiger partial charge is 0.236 e. The molecule has 0 aromatic heterocycles. The third-order valence-corrected chi connectivity index (χ3v) is 3.22. The Kier molecular flexibility index (Phi) is 7.64. The molecule has 1 fully saturated rings. The molecule has 1 aliphatic rings. The van der Waals surface area contributed by atoms with Gasteiger partial charge in [0, 0.05) is 24.9 Å². The van der Waals surface area contributed by atoms with Crippen LogP contribution < -0.4 is 5.32 Å². The van der Waals surface area contributed by atoms with Gasteiger partial charge in [0.15, 0.2) is 0 Å². The number of hydrogen-bond donors (Lipinski definition) is 1. The number of rotatable bonds is 5. The molecule has 1 N–H and O–H groups in total. The van der Waals surface area contributed by atoms with Crippen LogP contribution in [0.1, 0.15) is 40.5 Å². The summed E-state index contributed by atoms with van der Waals surface area (Å²) in [5.74, 6) is 7.60. The third kappa shape index (κ3) is 6.93. The first-order chi connectivity index (χ1) is 9.49. The summed E-state index contributed by atoms with van der Waals surface area (Å²) in [6.07, 6.45) is 2.18. The molecule has 1 heterocycles. The Hall–Kier alpha value is -1.05. The monoisotopic (exact) mass is 280 g/mol. The molecule has 4 nitrogen and oxygen atoms in total. The van der Waals surface area contributed by atoms with Crippen molar-refractivity contribution in [2.45, 2.75) is 46.6 Å². The summed E-state index contributed by atoms with van der Waals surface area (Å²) in [6.45, 7) is 10.6. The molecule has 0 saturated carbocycles. The number of nitrogens with one attached hydrogen (secondary N) is 1. The second-order valence-corrected chi connectivity index (χ2v) is 5.88. The maximum Gasteiger partial charge on any atom is 0.236 e. The predicted octanol–water partition coefficient (Wildman–Crippen LogP) is 1.86. The van der Waals surface area contributed by atoms with Crippen LogP contribution in [0.5, 0.6) is 0 Å². The first kappa shape index (κ1) is 17.0. The van der Waals surface area contributed by atoms with E-state index in [-0.39, 0.29) is 12.0 Å². The van der Waals surface area contributed by atoms with E-state index in [0.29, 0.717) is 25.1 Å². The maximum atomic E-state index is 12.0. The molecule has 1 aliphatic heterocycles. The molecule has 1 rings (SSSR count). The van der Waals surface area contributed by atoms with Crippen LogP contribution in [0, 0.1) is 23.7 Å². The van der Waals surface area contributed by atoms with E-state index in [1.165, 1.54) is 0 Å². The molecule has 0 atom stereocenters. The van der Waals surface area contributed by atoms with Crippen LogP contribution in [0.4, 0.5) is 0 Å². The van der Waals surface area contributed by atoms with Gasteiger partial charge in [-0.3, -0.25) is 10.1 Å². The van der Waals surface area contributed by atoms with Crippen LogP contribution in [0.25, 0.3) is 0 Å². The average molecular weight is 280 g/mol. The van der Waals surface area contributed by atoms with E-state index in [1.54, 1.807) is 0 Å². The van der Waals surface area contributed by atoms with Crippen molar-refractivity contribution in [3.8, 4) is 11.8 Å². The summed E-state index contributed by atoms with van der Waals surface area (Å²) in [7, 11) is 0. The van der Waals surface area contributed by atoms with E-state index in [4.69, 9.17) is 4.74 Å². The zero-order valence-electron chi connectivity index (χ0n) is 13.2. The van der Waals surface area contributed by atoms with Crippen LogP contribution in [-0.2, 0) is 9.53 Å². The predicted molar refractivity (Wildman–Crippen MR) is 81.0 cm³/mol. The molecule has 0 spiro atoms. The molecule has 0 aromatic carbocycles. The number of carbonyl (C=O) groups is 1. The molecule has 1 amide bonds. The molecular formula is C16H28N2O2. The van der Waals surface area contributed by atoms with E-state index in [2.05, 4.69) is 31.0 Å². The lowest BCUT2D eigenvalue weighted by atomic mass is 9.96. The summed E-state index contributed by atoms with van der Waals surface area (Å²) >= 11 is 0. The maximum absolute atomic E-state index is 12.0. The second kappa shape index (κ2) is 8.99. The second-order valence-electron chi connectivity index (χ2n) is 5.88. The Morgan fingerprint density at radius 3 is 2.50 bits per heavy atom. The number of ether oxygens (including phenoxy) is 1. The first-order valence-electron chi connectivity index (χ1n) is 7.60. The largest absolute Gasteiger partial charge is 0.364 e. The molecule has 20 heavy (non-hydrogen) atoms. The number of nitrogens with zero attached hydrogens (tertiary/aromatic N) is 1. The van der Waals surface area contributed by atoms with Crippen molar-refractivity contribution < 1.29 is 9.53 Å². The van der Waals surface area contributed by atoms with E-state index in [9.17, 15) is 4.79 Å². The van der Waals surface area contributed by atoms with Crippen LogP contribution in [0.3, 0.4) is 0 Å². The van der Waals surface area contributed by atoms with Gasteiger partial charge in [0.05, 0.1) is 19.4 Å². The van der Waals surface area contributed by atoms with Gasteiger partial charge in [-0.15, -0.1) is 5.92 Å². The van der Waals surface area contributed by atoms with E-state index >= 15 is 0 Å². The Morgan fingerprint density at radius 1 is 1.30 bits per heavy atom. The fraction of sp³-hybridized carbons (Fsp3) is 0.812. The van der Waals surface area contributed by atoms with Crippen molar-refractivity contribution in [2.75, 3.05) is 26.4 Å². The number of hydrogen-bond acceptors (Lipinski definition) is 3. The SMILES string of the molecule is CC(C)C#CC1CCN(C(=O)CNCOC(C)C)CC1. The van der Waals surface area contributed by atoms with Crippen LogP contribution in [0.15, 0.2) is 0 Å². The summed E-state index contributed by atoms with van der Waals surface area (Å²) < 4.78 is 5.35. The van der Waals surface area contributed by atoms with Gasteiger partial charge in [-0.1, -0.05) is 19.8 Å². The number of piperidine rings is 1. The van der Waals surface area contributed by atoms with Crippen molar-refractivity contribution in [1.29, 1.82) is 0 Å². The van der Waals surface area contributed by atoms with Crippen molar-refractivity contribution >= 4 is 5.91 Å². The molecule has 4 heteroatoms. The lowest BCUT2D eigenvalue weighted by Crippen LogP contribution is -2.43. The van der Waals surface area contributed by atoms with Crippen molar-refractivity contribution in [1.82, 2.24) is 10.2 Å². The Bertz CT molecular complexity index is 347. The molecule has 0 radical (unpaired) electrons. The van der Waals surface area contributed by atoms with Gasteiger partial charge in [-0.2, -0.15) is 0 Å². The topological polar surface area (TPSA) is 41.6 Å². The van der Waals surface area contributed by atoms with Crippen LogP contribution >= 0.6 is 0 Å². The lowest BCUT2D eigenvalue weighted by molar-refractivity contribution is -0.131. The molecular weight excluding hydrogens is 252 g/mol. The number of amides is 1. The highest BCUT2D eigenvalue weighted by Gasteiger charge is 2.21. The molecule has 1 saturated heterocycles. The van der Waals surface area contributed by atoms with Crippen LogP contribution in [-0.4, -0.2) is 43.3 Å². The molecule has 0 aliphatic carbocycles. The van der Waals surface area contributed by atoms with Gasteiger partial charge in [0.2, 0.25) is 5.91 Å². The van der Waals surface area contributed by atoms with Crippen LogP contribution in [0.2, 0.25) is 0 Å². The highest BCUT2D eigenvalue weighted by Crippen LogP contribution is 2.16. The molecule has 114 valence electrons. The van der Waals surface area contributed by atoms with E-state index < -0.39 is 0 Å². The van der Waals surface area contributed by atoms with Gasteiger partial charge < -0.3 is 9.64 Å². The molecule has 0 bridgehead atoms. The van der Waals surface area contributed by atoms with E-state index in [0.717, 1.165) is 25.9 Å². The summed E-state index contributed by atoms with van der Waals surface area (Å²) in [4.78, 5) is 13.9. The fourth-order valence-electron chi connectivity index (χ4n) is 2.05.